The molecule has 2 saturated heterocycles. The maximum atomic E-state index is 3.87. The van der Waals surface area contributed by atoms with E-state index in [4.69, 9.17) is 0 Å². The Morgan fingerprint density at radius 3 is 2.45 bits per heavy atom. The largest absolute Gasteiger partial charge is 0.308 e. The molecule has 118 valence electrons. The topological polar surface area (TPSA) is 18.5 Å². The fraction of sp³-hybridized carbons (Fsp3) is 1.00. The number of piperidine rings is 1. The van der Waals surface area contributed by atoms with Crippen LogP contribution in [0.5, 0.6) is 0 Å². The van der Waals surface area contributed by atoms with Crippen molar-refractivity contribution in [3.63, 3.8) is 0 Å². The molecule has 0 radical (unpaired) electrons. The summed E-state index contributed by atoms with van der Waals surface area (Å²) in [5, 5.41) is 3.87. The summed E-state index contributed by atoms with van der Waals surface area (Å²) in [6.07, 6.45) is 6.46. The first-order valence-corrected chi connectivity index (χ1v) is 8.76. The Hall–Kier alpha value is -0.120. The third-order valence-electron chi connectivity index (χ3n) is 6.14. The smallest absolute Gasteiger partial charge is 0.0304 e. The Bertz CT molecular complexity index is 301. The first kappa shape index (κ1) is 16.3. The van der Waals surface area contributed by atoms with Crippen LogP contribution in [-0.2, 0) is 0 Å². The van der Waals surface area contributed by atoms with Crippen molar-refractivity contribution in [2.75, 3.05) is 26.7 Å². The molecule has 3 nitrogen and oxygen atoms in total. The van der Waals surface area contributed by atoms with Crippen LogP contribution in [0.1, 0.15) is 59.8 Å². The van der Waals surface area contributed by atoms with E-state index >= 15 is 0 Å². The van der Waals surface area contributed by atoms with Crippen LogP contribution in [0.25, 0.3) is 0 Å². The molecule has 0 aromatic carbocycles. The van der Waals surface area contributed by atoms with Gasteiger partial charge in [-0.05, 0) is 52.6 Å². The number of hydrogen-bond acceptors (Lipinski definition) is 3. The van der Waals surface area contributed by atoms with Crippen molar-refractivity contribution < 1.29 is 0 Å². The molecule has 0 aliphatic carbocycles. The van der Waals surface area contributed by atoms with Gasteiger partial charge < -0.3 is 10.2 Å². The van der Waals surface area contributed by atoms with E-state index in [0.717, 1.165) is 18.1 Å². The van der Waals surface area contributed by atoms with Crippen LogP contribution in [0.15, 0.2) is 0 Å². The Morgan fingerprint density at radius 2 is 1.90 bits per heavy atom. The lowest BCUT2D eigenvalue weighted by atomic mass is 9.85. The second-order valence-electron chi connectivity index (χ2n) is 7.11. The van der Waals surface area contributed by atoms with Gasteiger partial charge in [0.2, 0.25) is 0 Å². The van der Waals surface area contributed by atoms with Gasteiger partial charge in [-0.3, -0.25) is 4.90 Å². The highest BCUT2D eigenvalue weighted by molar-refractivity contribution is 4.99. The molecule has 0 amide bonds. The normalized spacial score (nSPS) is 36.1. The van der Waals surface area contributed by atoms with E-state index in [9.17, 15) is 0 Å². The van der Waals surface area contributed by atoms with E-state index in [1.54, 1.807) is 0 Å². The molecule has 3 atom stereocenters. The van der Waals surface area contributed by atoms with Crippen molar-refractivity contribution in [1.82, 2.24) is 15.1 Å². The van der Waals surface area contributed by atoms with Crippen molar-refractivity contribution in [2.24, 2.45) is 0 Å². The number of nitrogens with one attached hydrogen (secondary N) is 1. The average Bonchev–Trinajstić information content (AvgIpc) is 2.49. The molecule has 0 spiro atoms. The van der Waals surface area contributed by atoms with Gasteiger partial charge in [-0.25, -0.2) is 0 Å². The molecular formula is C17H35N3. The highest BCUT2D eigenvalue weighted by atomic mass is 15.3. The third kappa shape index (κ3) is 3.20. The van der Waals surface area contributed by atoms with Gasteiger partial charge in [0.05, 0.1) is 0 Å². The fourth-order valence-corrected chi connectivity index (χ4v) is 4.08. The molecular weight excluding hydrogens is 246 g/mol. The Morgan fingerprint density at radius 1 is 1.20 bits per heavy atom. The molecule has 0 aromatic heterocycles. The minimum Gasteiger partial charge on any atom is -0.308 e. The lowest BCUT2D eigenvalue weighted by Gasteiger charge is -2.52. The lowest BCUT2D eigenvalue weighted by molar-refractivity contribution is 0.00142. The van der Waals surface area contributed by atoms with Crippen molar-refractivity contribution in [2.45, 2.75) is 83.5 Å². The summed E-state index contributed by atoms with van der Waals surface area (Å²) >= 11 is 0. The first-order chi connectivity index (χ1) is 9.55. The second-order valence-corrected chi connectivity index (χ2v) is 7.11. The van der Waals surface area contributed by atoms with Crippen LogP contribution in [0.4, 0.5) is 0 Å². The minimum absolute atomic E-state index is 0.359. The molecule has 2 fully saturated rings. The first-order valence-electron chi connectivity index (χ1n) is 8.76. The van der Waals surface area contributed by atoms with E-state index in [1.165, 1.54) is 51.7 Å². The van der Waals surface area contributed by atoms with E-state index in [0.29, 0.717) is 5.54 Å². The van der Waals surface area contributed by atoms with Gasteiger partial charge in [0.1, 0.15) is 0 Å². The fourth-order valence-electron chi connectivity index (χ4n) is 4.08. The van der Waals surface area contributed by atoms with E-state index in [2.05, 4.69) is 49.9 Å². The van der Waals surface area contributed by atoms with Crippen molar-refractivity contribution in [3.05, 3.63) is 0 Å². The van der Waals surface area contributed by atoms with Crippen molar-refractivity contribution in [3.8, 4) is 0 Å². The third-order valence-corrected chi connectivity index (χ3v) is 6.14. The van der Waals surface area contributed by atoms with E-state index in [1.807, 2.05) is 0 Å². The van der Waals surface area contributed by atoms with Gasteiger partial charge in [0.25, 0.3) is 0 Å². The summed E-state index contributed by atoms with van der Waals surface area (Å²) in [5.41, 5.74) is 0.359. The van der Waals surface area contributed by atoms with Gasteiger partial charge in [0, 0.05) is 36.8 Å². The van der Waals surface area contributed by atoms with Crippen molar-refractivity contribution >= 4 is 0 Å². The van der Waals surface area contributed by atoms with Crippen LogP contribution in [0, 0.1) is 0 Å². The Kier molecular flexibility index (Phi) is 5.49. The van der Waals surface area contributed by atoms with Crippen LogP contribution >= 0.6 is 0 Å². The van der Waals surface area contributed by atoms with E-state index in [-0.39, 0.29) is 0 Å². The summed E-state index contributed by atoms with van der Waals surface area (Å²) < 4.78 is 0. The van der Waals surface area contributed by atoms with Crippen molar-refractivity contribution in [1.29, 1.82) is 0 Å². The summed E-state index contributed by atoms with van der Waals surface area (Å²) in [4.78, 5) is 5.39. The second kappa shape index (κ2) is 6.76. The van der Waals surface area contributed by atoms with Gasteiger partial charge in [-0.2, -0.15) is 0 Å². The summed E-state index contributed by atoms with van der Waals surface area (Å²) in [6, 6.07) is 2.27. The molecule has 20 heavy (non-hydrogen) atoms. The average molecular weight is 281 g/mol. The molecule has 0 bridgehead atoms. The molecule has 2 rings (SSSR count). The van der Waals surface area contributed by atoms with E-state index < -0.39 is 0 Å². The van der Waals surface area contributed by atoms with Crippen LogP contribution < -0.4 is 5.32 Å². The SMILES string of the molecule is CCC1CNC(CC)(CC)CN1C1CCN(C)C(C)C1. The van der Waals surface area contributed by atoms with Crippen LogP contribution in [0.2, 0.25) is 0 Å². The monoisotopic (exact) mass is 281 g/mol. The zero-order valence-corrected chi connectivity index (χ0v) is 14.3. The number of likely N-dealkylation sites (tertiary alicyclic amines) is 1. The molecule has 1 N–H and O–H groups in total. The number of hydrogen-bond donors (Lipinski definition) is 1. The zero-order valence-electron chi connectivity index (χ0n) is 14.3. The number of rotatable bonds is 4. The van der Waals surface area contributed by atoms with Gasteiger partial charge >= 0.3 is 0 Å². The van der Waals surface area contributed by atoms with Gasteiger partial charge in [0.15, 0.2) is 0 Å². The standard InChI is InChI=1S/C17H35N3/c1-6-15-12-18-17(7-2,8-3)13-20(15)16-9-10-19(5)14(4)11-16/h14-16,18H,6-13H2,1-5H3. The van der Waals surface area contributed by atoms with Gasteiger partial charge in [-0.15, -0.1) is 0 Å². The summed E-state index contributed by atoms with van der Waals surface area (Å²) in [7, 11) is 2.28. The highest BCUT2D eigenvalue weighted by Crippen LogP contribution is 2.30. The minimum atomic E-state index is 0.359. The summed E-state index contributed by atoms with van der Waals surface area (Å²) in [6.45, 7) is 13.1. The molecule has 0 saturated carbocycles. The predicted molar refractivity (Wildman–Crippen MR) is 87.2 cm³/mol. The predicted octanol–water partition coefficient (Wildman–Crippen LogP) is 2.71. The maximum Gasteiger partial charge on any atom is 0.0304 e. The number of nitrogens with zero attached hydrogens (tertiary/aromatic N) is 2. The molecule has 2 aliphatic rings. The molecule has 2 heterocycles. The van der Waals surface area contributed by atoms with Gasteiger partial charge in [-0.1, -0.05) is 20.8 Å². The highest BCUT2D eigenvalue weighted by Gasteiger charge is 2.40. The molecule has 3 unspecified atom stereocenters. The maximum absolute atomic E-state index is 3.87. The molecule has 2 aliphatic heterocycles. The van der Waals surface area contributed by atoms with Crippen LogP contribution in [-0.4, -0.2) is 60.1 Å². The quantitative estimate of drug-likeness (QED) is 0.855. The lowest BCUT2D eigenvalue weighted by Crippen LogP contribution is -2.66. The number of piperazine rings is 1. The molecule has 3 heteroatoms. The Balaban J connectivity index is 2.09. The van der Waals surface area contributed by atoms with Crippen LogP contribution in [0.3, 0.4) is 0 Å². The zero-order chi connectivity index (χ0) is 14.8. The summed E-state index contributed by atoms with van der Waals surface area (Å²) in [5.74, 6) is 0. The Labute approximate surface area is 126 Å². The molecule has 0 aromatic rings.